The van der Waals surface area contributed by atoms with Crippen molar-refractivity contribution in [1.29, 1.82) is 0 Å². The number of aromatic nitrogens is 1. The van der Waals surface area contributed by atoms with E-state index in [1.165, 1.54) is 12.1 Å². The molecule has 0 spiro atoms. The van der Waals surface area contributed by atoms with Crippen molar-refractivity contribution in [3.63, 3.8) is 0 Å². The Kier molecular flexibility index (Phi) is 3.86. The topological polar surface area (TPSA) is 32.9 Å². The molecule has 0 fully saturated rings. The van der Waals surface area contributed by atoms with E-state index in [4.69, 9.17) is 11.6 Å². The van der Waals surface area contributed by atoms with E-state index in [1.54, 1.807) is 18.5 Å². The number of fused-ring (bicyclic) bond motifs is 1. The number of rotatable bonds is 3. The molecule has 0 radical (unpaired) electrons. The highest BCUT2D eigenvalue weighted by molar-refractivity contribution is 6.31. The highest BCUT2D eigenvalue weighted by Gasteiger charge is 2.18. The lowest BCUT2D eigenvalue weighted by Gasteiger charge is -2.08. The monoisotopic (exact) mass is 349 g/mol. The molecule has 122 valence electrons. The summed E-state index contributed by atoms with van der Waals surface area (Å²) in [6.07, 6.45) is 3.39. The van der Waals surface area contributed by atoms with Gasteiger partial charge in [-0.3, -0.25) is 4.79 Å². The molecule has 25 heavy (non-hydrogen) atoms. The predicted octanol–water partition coefficient (Wildman–Crippen LogP) is 5.86. The lowest BCUT2D eigenvalue weighted by Crippen LogP contribution is -2.02. The van der Waals surface area contributed by atoms with E-state index in [0.717, 1.165) is 10.8 Å². The van der Waals surface area contributed by atoms with Crippen molar-refractivity contribution in [3.8, 4) is 11.1 Å². The number of hydrogen-bond donors (Lipinski definition) is 1. The van der Waals surface area contributed by atoms with Gasteiger partial charge in [0.15, 0.2) is 5.78 Å². The van der Waals surface area contributed by atoms with E-state index < -0.39 is 5.82 Å². The quantitative estimate of drug-likeness (QED) is 0.462. The first kappa shape index (κ1) is 15.6. The van der Waals surface area contributed by atoms with Crippen LogP contribution in [0.3, 0.4) is 0 Å². The van der Waals surface area contributed by atoms with Gasteiger partial charge in [0.05, 0.1) is 5.02 Å². The van der Waals surface area contributed by atoms with Gasteiger partial charge in [-0.1, -0.05) is 60.1 Å². The number of benzene rings is 3. The van der Waals surface area contributed by atoms with Crippen LogP contribution >= 0.6 is 11.6 Å². The third kappa shape index (κ3) is 2.73. The predicted molar refractivity (Wildman–Crippen MR) is 98.6 cm³/mol. The van der Waals surface area contributed by atoms with Crippen LogP contribution in [0.5, 0.6) is 0 Å². The van der Waals surface area contributed by atoms with Crippen molar-refractivity contribution in [2.45, 2.75) is 0 Å². The molecule has 0 aliphatic heterocycles. The molecule has 0 atom stereocenters. The number of hydrogen-bond acceptors (Lipinski definition) is 1. The first-order valence-electron chi connectivity index (χ1n) is 7.80. The van der Waals surface area contributed by atoms with Crippen LogP contribution in [0.4, 0.5) is 4.39 Å². The van der Waals surface area contributed by atoms with Crippen LogP contribution in [0.1, 0.15) is 15.9 Å². The molecule has 1 N–H and O–H groups in total. The van der Waals surface area contributed by atoms with Crippen molar-refractivity contribution in [2.24, 2.45) is 0 Å². The Morgan fingerprint density at radius 3 is 2.56 bits per heavy atom. The summed E-state index contributed by atoms with van der Waals surface area (Å²) in [5.41, 5.74) is 2.54. The van der Waals surface area contributed by atoms with Gasteiger partial charge in [-0.25, -0.2) is 4.39 Å². The van der Waals surface area contributed by atoms with Gasteiger partial charge in [-0.15, -0.1) is 0 Å². The highest BCUT2D eigenvalue weighted by Crippen LogP contribution is 2.30. The minimum absolute atomic E-state index is 0.0299. The molecule has 0 amide bonds. The molecule has 0 bridgehead atoms. The Hall–Kier alpha value is -2.91. The van der Waals surface area contributed by atoms with Crippen LogP contribution < -0.4 is 0 Å². The molecule has 3 aromatic carbocycles. The van der Waals surface area contributed by atoms with Crippen LogP contribution in [0.2, 0.25) is 5.02 Å². The molecule has 0 unspecified atom stereocenters. The molecular weight excluding hydrogens is 337 g/mol. The Labute approximate surface area is 148 Å². The molecule has 0 aliphatic carbocycles. The number of carbonyl (C=O) groups is 1. The van der Waals surface area contributed by atoms with Gasteiger partial charge < -0.3 is 4.98 Å². The summed E-state index contributed by atoms with van der Waals surface area (Å²) >= 11 is 5.89. The van der Waals surface area contributed by atoms with Crippen molar-refractivity contribution >= 4 is 28.2 Å². The van der Waals surface area contributed by atoms with Crippen molar-refractivity contribution < 1.29 is 9.18 Å². The van der Waals surface area contributed by atoms with E-state index in [0.29, 0.717) is 22.3 Å². The smallest absolute Gasteiger partial charge is 0.195 e. The summed E-state index contributed by atoms with van der Waals surface area (Å²) in [5.74, 6) is -0.573. The average molecular weight is 350 g/mol. The largest absolute Gasteiger partial charge is 0.366 e. The van der Waals surface area contributed by atoms with Gasteiger partial charge in [0, 0.05) is 29.1 Å². The zero-order chi connectivity index (χ0) is 17.4. The SMILES string of the molecule is O=C(c1c[nH]cc1-c1ccc(F)c(Cl)c1)c1cccc2ccccc12. The first-order valence-corrected chi connectivity index (χ1v) is 8.17. The number of ketones is 1. The minimum Gasteiger partial charge on any atom is -0.366 e. The fraction of sp³-hybridized carbons (Fsp3) is 0. The fourth-order valence-electron chi connectivity index (χ4n) is 3.02. The third-order valence-corrected chi connectivity index (χ3v) is 4.54. The third-order valence-electron chi connectivity index (χ3n) is 4.26. The number of halogens is 2. The Morgan fingerprint density at radius 1 is 0.920 bits per heavy atom. The summed E-state index contributed by atoms with van der Waals surface area (Å²) in [6, 6.07) is 17.9. The average Bonchev–Trinajstić information content (AvgIpc) is 3.12. The van der Waals surface area contributed by atoms with E-state index in [-0.39, 0.29) is 10.8 Å². The number of H-pyrrole nitrogens is 1. The van der Waals surface area contributed by atoms with Gasteiger partial charge in [0.2, 0.25) is 0 Å². The summed E-state index contributed by atoms with van der Waals surface area (Å²) in [4.78, 5) is 16.1. The Balaban J connectivity index is 1.84. The van der Waals surface area contributed by atoms with Crippen LogP contribution in [0.25, 0.3) is 21.9 Å². The minimum atomic E-state index is -0.483. The van der Waals surface area contributed by atoms with Crippen molar-refractivity contribution in [3.05, 3.63) is 95.0 Å². The van der Waals surface area contributed by atoms with E-state index in [1.807, 2.05) is 42.5 Å². The molecule has 2 nitrogen and oxygen atoms in total. The summed E-state index contributed by atoms with van der Waals surface area (Å²) in [5, 5.41) is 1.94. The van der Waals surface area contributed by atoms with Crippen LogP contribution in [-0.2, 0) is 0 Å². The standard InChI is InChI=1S/C21H13ClFNO/c22-19-10-14(8-9-20(19)23)17-11-24-12-18(17)21(25)16-7-3-5-13-4-1-2-6-15(13)16/h1-12,24H. The highest BCUT2D eigenvalue weighted by atomic mass is 35.5. The molecule has 4 rings (SSSR count). The van der Waals surface area contributed by atoms with Crippen LogP contribution in [0.15, 0.2) is 73.1 Å². The van der Waals surface area contributed by atoms with Crippen LogP contribution in [0, 0.1) is 5.82 Å². The maximum atomic E-state index is 13.4. The normalized spacial score (nSPS) is 11.0. The molecule has 0 saturated carbocycles. The first-order chi connectivity index (χ1) is 12.1. The van der Waals surface area contributed by atoms with Gasteiger partial charge in [0.1, 0.15) is 5.82 Å². The van der Waals surface area contributed by atoms with Gasteiger partial charge in [0.25, 0.3) is 0 Å². The Bertz CT molecular complexity index is 1090. The van der Waals surface area contributed by atoms with Gasteiger partial charge in [-0.2, -0.15) is 0 Å². The maximum Gasteiger partial charge on any atom is 0.195 e. The summed E-state index contributed by atoms with van der Waals surface area (Å²) in [6.45, 7) is 0. The Morgan fingerprint density at radius 2 is 1.72 bits per heavy atom. The second-order valence-corrected chi connectivity index (χ2v) is 6.17. The maximum absolute atomic E-state index is 13.4. The number of aromatic amines is 1. The second-order valence-electron chi connectivity index (χ2n) is 5.77. The molecule has 1 heterocycles. The van der Waals surface area contributed by atoms with Gasteiger partial charge in [-0.05, 0) is 28.5 Å². The van der Waals surface area contributed by atoms with E-state index in [2.05, 4.69) is 4.98 Å². The lowest BCUT2D eigenvalue weighted by atomic mass is 9.94. The second kappa shape index (κ2) is 6.19. The number of carbonyl (C=O) groups excluding carboxylic acids is 1. The van der Waals surface area contributed by atoms with E-state index in [9.17, 15) is 9.18 Å². The zero-order valence-electron chi connectivity index (χ0n) is 13.1. The lowest BCUT2D eigenvalue weighted by molar-refractivity contribution is 0.104. The summed E-state index contributed by atoms with van der Waals surface area (Å²) < 4.78 is 13.4. The molecule has 0 aliphatic rings. The van der Waals surface area contributed by atoms with Crippen molar-refractivity contribution in [2.75, 3.05) is 0 Å². The van der Waals surface area contributed by atoms with Crippen molar-refractivity contribution in [1.82, 2.24) is 4.98 Å². The van der Waals surface area contributed by atoms with E-state index >= 15 is 0 Å². The van der Waals surface area contributed by atoms with Crippen LogP contribution in [-0.4, -0.2) is 10.8 Å². The fourth-order valence-corrected chi connectivity index (χ4v) is 3.20. The summed E-state index contributed by atoms with van der Waals surface area (Å²) in [7, 11) is 0. The van der Waals surface area contributed by atoms with Gasteiger partial charge >= 0.3 is 0 Å². The molecule has 1 aromatic heterocycles. The molecule has 0 saturated heterocycles. The molecular formula is C21H13ClFNO. The molecule has 4 aromatic rings. The molecule has 4 heteroatoms. The number of nitrogens with one attached hydrogen (secondary N) is 1. The zero-order valence-corrected chi connectivity index (χ0v) is 13.8.